The van der Waals surface area contributed by atoms with Gasteiger partial charge in [0.1, 0.15) is 6.04 Å². The number of aliphatic carboxylic acids is 1. The van der Waals surface area contributed by atoms with Crippen molar-refractivity contribution >= 4 is 17.9 Å². The zero-order valence-corrected chi connectivity index (χ0v) is 10.0. The Labute approximate surface area is 99.7 Å². The highest BCUT2D eigenvalue weighted by Crippen LogP contribution is 2.06. The number of carboxylic acid groups (broad SMARTS) is 1. The van der Waals surface area contributed by atoms with Gasteiger partial charge in [-0.1, -0.05) is 13.3 Å². The highest BCUT2D eigenvalue weighted by atomic mass is 16.4. The molecule has 0 radical (unpaired) electrons. The first-order valence-corrected chi connectivity index (χ1v) is 5.42. The van der Waals surface area contributed by atoms with Crippen LogP contribution in [0.3, 0.4) is 0 Å². The number of hydrogen-bond donors (Lipinski definition) is 4. The van der Waals surface area contributed by atoms with Gasteiger partial charge in [-0.2, -0.15) is 0 Å². The molecule has 2 unspecified atom stereocenters. The molecule has 0 aromatic carbocycles. The van der Waals surface area contributed by atoms with Crippen LogP contribution in [-0.4, -0.2) is 35.6 Å². The average Bonchev–Trinajstić information content (AvgIpc) is 2.23. The molecule has 5 N–H and O–H groups in total. The van der Waals surface area contributed by atoms with Gasteiger partial charge in [-0.3, -0.25) is 9.59 Å². The highest BCUT2D eigenvalue weighted by molar-refractivity contribution is 5.85. The molecule has 0 heterocycles. The van der Waals surface area contributed by atoms with Gasteiger partial charge in [0.25, 0.3) is 0 Å². The molecule has 2 atom stereocenters. The molecule has 0 fully saturated rings. The molecule has 0 aromatic rings. The Kier molecular flexibility index (Phi) is 6.69. The molecule has 0 rings (SSSR count). The lowest BCUT2D eigenvalue weighted by atomic mass is 10.0. The van der Waals surface area contributed by atoms with E-state index in [0.717, 1.165) is 0 Å². The average molecular weight is 245 g/mol. The third kappa shape index (κ3) is 7.15. The number of primary amides is 1. The summed E-state index contributed by atoms with van der Waals surface area (Å²) < 4.78 is 0. The van der Waals surface area contributed by atoms with Gasteiger partial charge >= 0.3 is 12.0 Å². The highest BCUT2D eigenvalue weighted by Gasteiger charge is 2.15. The molecule has 98 valence electrons. The van der Waals surface area contributed by atoms with Gasteiger partial charge in [0.2, 0.25) is 5.91 Å². The SMILES string of the molecule is CCC(CNC(=O)NC(C)C(N)=O)CC(=O)O. The fourth-order valence-corrected chi connectivity index (χ4v) is 1.16. The number of carbonyl (C=O) groups is 3. The van der Waals surface area contributed by atoms with Crippen LogP contribution in [0.15, 0.2) is 0 Å². The van der Waals surface area contributed by atoms with Gasteiger partial charge in [-0.05, 0) is 12.8 Å². The quantitative estimate of drug-likeness (QED) is 0.490. The summed E-state index contributed by atoms with van der Waals surface area (Å²) in [4.78, 5) is 32.5. The van der Waals surface area contributed by atoms with Gasteiger partial charge in [-0.15, -0.1) is 0 Å². The Morgan fingerprint density at radius 2 is 1.94 bits per heavy atom. The van der Waals surface area contributed by atoms with Gasteiger partial charge in [0, 0.05) is 13.0 Å². The number of carbonyl (C=O) groups excluding carboxylic acids is 2. The van der Waals surface area contributed by atoms with E-state index in [0.29, 0.717) is 6.42 Å². The molecule has 7 nitrogen and oxygen atoms in total. The van der Waals surface area contributed by atoms with Gasteiger partial charge in [-0.25, -0.2) is 4.79 Å². The molecule has 3 amide bonds. The van der Waals surface area contributed by atoms with Crippen molar-refractivity contribution < 1.29 is 19.5 Å². The molecule has 0 saturated carbocycles. The first-order chi connectivity index (χ1) is 7.86. The number of amides is 3. The van der Waals surface area contributed by atoms with Crippen LogP contribution in [0.5, 0.6) is 0 Å². The smallest absolute Gasteiger partial charge is 0.315 e. The van der Waals surface area contributed by atoms with E-state index in [9.17, 15) is 14.4 Å². The summed E-state index contributed by atoms with van der Waals surface area (Å²) >= 11 is 0. The van der Waals surface area contributed by atoms with Crippen molar-refractivity contribution in [1.82, 2.24) is 10.6 Å². The molecule has 0 bridgehead atoms. The maximum atomic E-state index is 11.3. The molecule has 17 heavy (non-hydrogen) atoms. The van der Waals surface area contributed by atoms with Crippen molar-refractivity contribution in [2.24, 2.45) is 11.7 Å². The largest absolute Gasteiger partial charge is 0.481 e. The Morgan fingerprint density at radius 3 is 2.35 bits per heavy atom. The zero-order chi connectivity index (χ0) is 13.4. The zero-order valence-electron chi connectivity index (χ0n) is 10.0. The minimum Gasteiger partial charge on any atom is -0.481 e. The number of carboxylic acids is 1. The van der Waals surface area contributed by atoms with Crippen molar-refractivity contribution in [3.8, 4) is 0 Å². The molecular weight excluding hydrogens is 226 g/mol. The van der Waals surface area contributed by atoms with Crippen LogP contribution >= 0.6 is 0 Å². The molecule has 7 heteroatoms. The summed E-state index contributed by atoms with van der Waals surface area (Å²) in [5.74, 6) is -1.65. The minimum absolute atomic E-state index is 0.00214. The first-order valence-electron chi connectivity index (χ1n) is 5.42. The van der Waals surface area contributed by atoms with E-state index < -0.39 is 23.9 Å². The molecule has 0 saturated heterocycles. The predicted molar refractivity (Wildman–Crippen MR) is 61.2 cm³/mol. The van der Waals surface area contributed by atoms with E-state index in [1.165, 1.54) is 6.92 Å². The number of urea groups is 1. The first kappa shape index (κ1) is 15.2. The maximum Gasteiger partial charge on any atom is 0.315 e. The molecule has 0 spiro atoms. The van der Waals surface area contributed by atoms with Crippen LogP contribution in [-0.2, 0) is 9.59 Å². The van der Waals surface area contributed by atoms with Gasteiger partial charge in [0.15, 0.2) is 0 Å². The van der Waals surface area contributed by atoms with Crippen LogP contribution in [0.4, 0.5) is 4.79 Å². The molecule has 0 aliphatic carbocycles. The van der Waals surface area contributed by atoms with Crippen LogP contribution in [0.1, 0.15) is 26.7 Å². The van der Waals surface area contributed by atoms with Crippen molar-refractivity contribution in [1.29, 1.82) is 0 Å². The third-order valence-corrected chi connectivity index (χ3v) is 2.37. The summed E-state index contributed by atoms with van der Waals surface area (Å²) in [6.45, 7) is 3.57. The van der Waals surface area contributed by atoms with E-state index in [1.54, 1.807) is 0 Å². The Morgan fingerprint density at radius 1 is 1.35 bits per heavy atom. The van der Waals surface area contributed by atoms with Crippen LogP contribution in [0.25, 0.3) is 0 Å². The number of nitrogens with one attached hydrogen (secondary N) is 2. The van der Waals surface area contributed by atoms with E-state index in [2.05, 4.69) is 10.6 Å². The fourth-order valence-electron chi connectivity index (χ4n) is 1.16. The van der Waals surface area contributed by atoms with E-state index in [1.807, 2.05) is 6.92 Å². The van der Waals surface area contributed by atoms with Crippen LogP contribution in [0, 0.1) is 5.92 Å². The lowest BCUT2D eigenvalue weighted by Crippen LogP contribution is -2.47. The molecule has 0 aromatic heterocycles. The minimum atomic E-state index is -0.899. The Balaban J connectivity index is 3.96. The summed E-state index contributed by atoms with van der Waals surface area (Å²) in [5.41, 5.74) is 4.97. The lowest BCUT2D eigenvalue weighted by molar-refractivity contribution is -0.138. The number of hydrogen-bond acceptors (Lipinski definition) is 3. The topological polar surface area (TPSA) is 122 Å². The summed E-state index contributed by atoms with van der Waals surface area (Å²) in [6.07, 6.45) is 0.653. The van der Waals surface area contributed by atoms with Crippen LogP contribution in [0.2, 0.25) is 0 Å². The monoisotopic (exact) mass is 245 g/mol. The summed E-state index contributed by atoms with van der Waals surface area (Å²) in [7, 11) is 0. The number of nitrogens with two attached hydrogens (primary N) is 1. The molecule has 0 aliphatic heterocycles. The van der Waals surface area contributed by atoms with Gasteiger partial charge < -0.3 is 21.5 Å². The predicted octanol–water partition coefficient (Wildman–Crippen LogP) is -0.340. The van der Waals surface area contributed by atoms with Crippen LogP contribution < -0.4 is 16.4 Å². The van der Waals surface area contributed by atoms with E-state index in [-0.39, 0.29) is 18.9 Å². The van der Waals surface area contributed by atoms with Crippen molar-refractivity contribution in [2.45, 2.75) is 32.7 Å². The Bertz CT molecular complexity index is 293. The number of rotatable bonds is 7. The lowest BCUT2D eigenvalue weighted by Gasteiger charge is -2.15. The van der Waals surface area contributed by atoms with Crippen molar-refractivity contribution in [3.05, 3.63) is 0 Å². The second-order valence-corrected chi connectivity index (χ2v) is 3.85. The standard InChI is InChI=1S/C10H19N3O4/c1-3-7(4-8(14)15)5-12-10(17)13-6(2)9(11)16/h6-7H,3-5H2,1-2H3,(H2,11,16)(H,14,15)(H2,12,13,17). The summed E-state index contributed by atoms with van der Waals surface area (Å²) in [6, 6.07) is -1.28. The second-order valence-electron chi connectivity index (χ2n) is 3.85. The summed E-state index contributed by atoms with van der Waals surface area (Å²) in [5, 5.41) is 13.5. The van der Waals surface area contributed by atoms with E-state index in [4.69, 9.17) is 10.8 Å². The third-order valence-electron chi connectivity index (χ3n) is 2.37. The maximum absolute atomic E-state index is 11.3. The molecular formula is C10H19N3O4. The van der Waals surface area contributed by atoms with Gasteiger partial charge in [0.05, 0.1) is 0 Å². The second kappa shape index (κ2) is 7.48. The van der Waals surface area contributed by atoms with Crippen molar-refractivity contribution in [3.63, 3.8) is 0 Å². The fraction of sp³-hybridized carbons (Fsp3) is 0.700. The van der Waals surface area contributed by atoms with E-state index >= 15 is 0 Å². The van der Waals surface area contributed by atoms with Crippen molar-refractivity contribution in [2.75, 3.05) is 6.54 Å². The molecule has 0 aliphatic rings. The normalized spacial score (nSPS) is 13.5. The Hall–Kier alpha value is -1.79.